The first kappa shape index (κ1) is 31.4. The number of para-hydroxylation sites is 2. The zero-order chi connectivity index (χ0) is 31.9. The number of H-pyrrole nitrogens is 1. The van der Waals surface area contributed by atoms with Gasteiger partial charge in [-0.3, -0.25) is 13.9 Å². The molecule has 3 heterocycles. The molecule has 1 unspecified atom stereocenters. The highest BCUT2D eigenvalue weighted by atomic mass is 35.5. The average molecular weight is 669 g/mol. The molecule has 2 amide bonds. The number of halogens is 2. The van der Waals surface area contributed by atoms with E-state index in [1.807, 2.05) is 42.6 Å². The normalized spacial score (nSPS) is 18.1. The molecule has 2 atom stereocenters. The number of nitrogens with one attached hydrogen (secondary N) is 3. The van der Waals surface area contributed by atoms with Crippen LogP contribution in [0.2, 0.25) is 10.0 Å². The van der Waals surface area contributed by atoms with Gasteiger partial charge in [-0.05, 0) is 73.0 Å². The Morgan fingerprint density at radius 2 is 1.71 bits per heavy atom. The standard InChI is InChI=1S/C33H35Cl2N5O4S/c1-39(20-21-15-23(34)18-24(35)16-21)32(42)28(17-22-19-37-27-9-5-3-7-25(22)27)38-31(41)30-33(11-13-36-14-12-33)26-8-4-6-10-29(26)40(30)45(2,43)44/h3-10,15-16,18-19,28,30,36-37H,11-14,17,20H2,1-2H3,(H,38,41)/t28-,30?/m0/s1. The minimum absolute atomic E-state index is 0.197. The Bertz CT molecular complexity index is 1850. The summed E-state index contributed by atoms with van der Waals surface area (Å²) in [5, 5.41) is 8.23. The van der Waals surface area contributed by atoms with Gasteiger partial charge in [0.1, 0.15) is 12.1 Å². The van der Waals surface area contributed by atoms with E-state index in [1.165, 1.54) is 9.21 Å². The van der Waals surface area contributed by atoms with E-state index in [4.69, 9.17) is 23.2 Å². The third kappa shape index (κ3) is 6.04. The highest BCUT2D eigenvalue weighted by Gasteiger charge is 2.57. The van der Waals surface area contributed by atoms with E-state index >= 15 is 0 Å². The van der Waals surface area contributed by atoms with Crippen LogP contribution in [0.5, 0.6) is 0 Å². The maximum Gasteiger partial charge on any atom is 0.245 e. The van der Waals surface area contributed by atoms with Crippen molar-refractivity contribution in [2.45, 2.75) is 43.3 Å². The van der Waals surface area contributed by atoms with Gasteiger partial charge in [0.25, 0.3) is 0 Å². The van der Waals surface area contributed by atoms with E-state index < -0.39 is 33.4 Å². The van der Waals surface area contributed by atoms with Crippen LogP contribution in [0.3, 0.4) is 0 Å². The van der Waals surface area contributed by atoms with Crippen LogP contribution in [0.4, 0.5) is 5.69 Å². The van der Waals surface area contributed by atoms with Gasteiger partial charge in [0.2, 0.25) is 21.8 Å². The third-order valence-electron chi connectivity index (χ3n) is 8.97. The fourth-order valence-corrected chi connectivity index (χ4v) is 8.80. The fourth-order valence-electron chi connectivity index (χ4n) is 7.03. The molecule has 0 bridgehead atoms. The minimum Gasteiger partial charge on any atom is -0.361 e. The van der Waals surface area contributed by atoms with E-state index in [1.54, 1.807) is 37.4 Å². The Balaban J connectivity index is 1.37. The predicted molar refractivity (Wildman–Crippen MR) is 178 cm³/mol. The van der Waals surface area contributed by atoms with Gasteiger partial charge in [-0.2, -0.15) is 0 Å². The molecular weight excluding hydrogens is 633 g/mol. The van der Waals surface area contributed by atoms with E-state index in [0.717, 1.165) is 33.8 Å². The summed E-state index contributed by atoms with van der Waals surface area (Å²) in [6.07, 6.45) is 4.32. The summed E-state index contributed by atoms with van der Waals surface area (Å²) in [5.41, 5.74) is 3.11. The van der Waals surface area contributed by atoms with Gasteiger partial charge in [0, 0.05) is 52.6 Å². The number of likely N-dealkylation sites (N-methyl/N-ethyl adjacent to an activating group) is 1. The Labute approximate surface area is 272 Å². The molecule has 236 valence electrons. The van der Waals surface area contributed by atoms with Gasteiger partial charge in [-0.15, -0.1) is 0 Å². The van der Waals surface area contributed by atoms with Gasteiger partial charge >= 0.3 is 0 Å². The molecule has 3 aromatic carbocycles. The van der Waals surface area contributed by atoms with Gasteiger partial charge < -0.3 is 20.5 Å². The second kappa shape index (κ2) is 12.3. The molecule has 2 aliphatic heterocycles. The van der Waals surface area contributed by atoms with E-state index in [0.29, 0.717) is 41.7 Å². The summed E-state index contributed by atoms with van der Waals surface area (Å²) in [7, 11) is -2.20. The van der Waals surface area contributed by atoms with Crippen molar-refractivity contribution in [1.82, 2.24) is 20.5 Å². The molecule has 1 aromatic heterocycles. The van der Waals surface area contributed by atoms with Crippen LogP contribution in [-0.4, -0.2) is 68.6 Å². The van der Waals surface area contributed by atoms with Crippen LogP contribution in [0.15, 0.2) is 72.9 Å². The summed E-state index contributed by atoms with van der Waals surface area (Å²) in [6, 6.07) is 18.2. The number of carbonyl (C=O) groups excluding carboxylic acids is 2. The van der Waals surface area contributed by atoms with Crippen molar-refractivity contribution in [3.8, 4) is 0 Å². The molecule has 1 spiro atoms. The number of rotatable bonds is 8. The number of fused-ring (bicyclic) bond motifs is 3. The Morgan fingerprint density at radius 1 is 1.04 bits per heavy atom. The Morgan fingerprint density at radius 3 is 2.42 bits per heavy atom. The molecule has 0 aliphatic carbocycles. The van der Waals surface area contributed by atoms with E-state index in [2.05, 4.69) is 15.6 Å². The van der Waals surface area contributed by atoms with E-state index in [9.17, 15) is 18.0 Å². The molecule has 2 aliphatic rings. The molecular formula is C33H35Cl2N5O4S. The topological polar surface area (TPSA) is 115 Å². The number of amides is 2. The second-order valence-electron chi connectivity index (χ2n) is 12.0. The number of aromatic nitrogens is 1. The van der Waals surface area contributed by atoms with Crippen LogP contribution in [0.1, 0.15) is 29.5 Å². The Kier molecular flexibility index (Phi) is 8.60. The first-order valence-electron chi connectivity index (χ1n) is 14.8. The lowest BCUT2D eigenvalue weighted by molar-refractivity contribution is -0.136. The lowest BCUT2D eigenvalue weighted by Crippen LogP contribution is -2.61. The third-order valence-corrected chi connectivity index (χ3v) is 10.5. The molecule has 12 heteroatoms. The molecule has 0 saturated carbocycles. The first-order chi connectivity index (χ1) is 21.5. The van der Waals surface area contributed by atoms with Gasteiger partial charge in [-0.25, -0.2) is 8.42 Å². The Hall–Kier alpha value is -3.57. The molecule has 6 rings (SSSR count). The fraction of sp³-hybridized carbons (Fsp3) is 0.333. The highest BCUT2D eigenvalue weighted by molar-refractivity contribution is 7.92. The summed E-state index contributed by atoms with van der Waals surface area (Å²) >= 11 is 12.4. The molecule has 3 N–H and O–H groups in total. The van der Waals surface area contributed by atoms with Crippen molar-refractivity contribution in [3.05, 3.63) is 99.7 Å². The largest absolute Gasteiger partial charge is 0.361 e. The number of piperidine rings is 1. The molecule has 4 aromatic rings. The van der Waals surface area contributed by atoms with Crippen molar-refractivity contribution in [2.24, 2.45) is 0 Å². The number of hydrogen-bond donors (Lipinski definition) is 3. The predicted octanol–water partition coefficient (Wildman–Crippen LogP) is 4.63. The lowest BCUT2D eigenvalue weighted by Gasteiger charge is -2.41. The summed E-state index contributed by atoms with van der Waals surface area (Å²) < 4.78 is 28.0. The highest BCUT2D eigenvalue weighted by Crippen LogP contribution is 2.51. The molecule has 45 heavy (non-hydrogen) atoms. The molecule has 1 saturated heterocycles. The van der Waals surface area contributed by atoms with Crippen LogP contribution in [0, 0.1) is 0 Å². The van der Waals surface area contributed by atoms with Crippen molar-refractivity contribution in [1.29, 1.82) is 0 Å². The first-order valence-corrected chi connectivity index (χ1v) is 17.4. The van der Waals surface area contributed by atoms with Gasteiger partial charge in [0.15, 0.2) is 0 Å². The number of carbonyl (C=O) groups is 2. The van der Waals surface area contributed by atoms with Crippen molar-refractivity contribution < 1.29 is 18.0 Å². The lowest BCUT2D eigenvalue weighted by atomic mass is 9.69. The number of benzene rings is 3. The second-order valence-corrected chi connectivity index (χ2v) is 14.7. The molecule has 1 fully saturated rings. The zero-order valence-corrected chi connectivity index (χ0v) is 27.3. The maximum absolute atomic E-state index is 14.6. The van der Waals surface area contributed by atoms with Crippen molar-refractivity contribution >= 4 is 61.6 Å². The number of hydrogen-bond acceptors (Lipinski definition) is 5. The maximum atomic E-state index is 14.6. The van der Waals surface area contributed by atoms with Crippen molar-refractivity contribution in [3.63, 3.8) is 0 Å². The van der Waals surface area contributed by atoms with Crippen LogP contribution >= 0.6 is 23.2 Å². The van der Waals surface area contributed by atoms with Gasteiger partial charge in [-0.1, -0.05) is 59.6 Å². The van der Waals surface area contributed by atoms with E-state index in [-0.39, 0.29) is 18.9 Å². The monoisotopic (exact) mass is 667 g/mol. The number of nitrogens with zero attached hydrogens (tertiary/aromatic N) is 2. The SMILES string of the molecule is CN(Cc1cc(Cl)cc(Cl)c1)C(=O)[C@H](Cc1c[nH]c2ccccc12)NC(=O)C1N(S(C)(=O)=O)c2ccccc2C12CCNCC2. The van der Waals surface area contributed by atoms with Crippen LogP contribution in [-0.2, 0) is 38.0 Å². The van der Waals surface area contributed by atoms with Gasteiger partial charge in [0.05, 0.1) is 11.9 Å². The number of aromatic amines is 1. The summed E-state index contributed by atoms with van der Waals surface area (Å²) in [6.45, 7) is 1.48. The molecule has 9 nitrogen and oxygen atoms in total. The quantitative estimate of drug-likeness (QED) is 0.254. The number of anilines is 1. The smallest absolute Gasteiger partial charge is 0.245 e. The van der Waals surface area contributed by atoms with Crippen LogP contribution in [0.25, 0.3) is 10.9 Å². The van der Waals surface area contributed by atoms with Crippen molar-refractivity contribution in [2.75, 3.05) is 30.7 Å². The minimum atomic E-state index is -3.86. The van der Waals surface area contributed by atoms with Crippen LogP contribution < -0.4 is 14.9 Å². The average Bonchev–Trinajstić information content (AvgIpc) is 3.53. The summed E-state index contributed by atoms with van der Waals surface area (Å²) in [4.78, 5) is 33.5. The molecule has 0 radical (unpaired) electrons. The number of sulfonamides is 1. The zero-order valence-electron chi connectivity index (χ0n) is 25.0. The summed E-state index contributed by atoms with van der Waals surface area (Å²) in [5.74, 6) is -0.832.